The van der Waals surface area contributed by atoms with Gasteiger partial charge in [-0.15, -0.1) is 0 Å². The van der Waals surface area contributed by atoms with Gasteiger partial charge >= 0.3 is 0 Å². The maximum atomic E-state index is 9.99. The van der Waals surface area contributed by atoms with Crippen molar-refractivity contribution >= 4 is 5.69 Å². The molecule has 0 spiro atoms. The quantitative estimate of drug-likeness (QED) is 0.670. The van der Waals surface area contributed by atoms with Gasteiger partial charge in [0.05, 0.1) is 18.8 Å². The van der Waals surface area contributed by atoms with Crippen LogP contribution in [0.5, 0.6) is 5.75 Å². The van der Waals surface area contributed by atoms with Crippen LogP contribution in [0.15, 0.2) is 24.3 Å². The van der Waals surface area contributed by atoms with Crippen LogP contribution < -0.4 is 15.4 Å². The smallest absolute Gasteiger partial charge is 0.142 e. The molecule has 4 nitrogen and oxygen atoms in total. The number of hydrogen-bond donors (Lipinski definition) is 3. The second kappa shape index (κ2) is 5.18. The Morgan fingerprint density at radius 3 is 3.00 bits per heavy atom. The highest BCUT2D eigenvalue weighted by Crippen LogP contribution is 2.24. The van der Waals surface area contributed by atoms with Gasteiger partial charge in [-0.25, -0.2) is 0 Å². The van der Waals surface area contributed by atoms with Crippen LogP contribution in [0.2, 0.25) is 0 Å². The lowest BCUT2D eigenvalue weighted by Crippen LogP contribution is -2.40. The van der Waals surface area contributed by atoms with Crippen molar-refractivity contribution in [2.75, 3.05) is 19.0 Å². The van der Waals surface area contributed by atoms with Crippen molar-refractivity contribution in [1.29, 1.82) is 0 Å². The van der Waals surface area contributed by atoms with E-state index in [-0.39, 0.29) is 6.04 Å². The summed E-state index contributed by atoms with van der Waals surface area (Å²) in [6.45, 7) is 0.981. The van der Waals surface area contributed by atoms with E-state index in [1.54, 1.807) is 7.11 Å². The SMILES string of the molecule is COc1ccccc1NC(O)C1CCCN1. The van der Waals surface area contributed by atoms with E-state index in [4.69, 9.17) is 4.74 Å². The molecule has 0 aliphatic carbocycles. The molecule has 2 unspecified atom stereocenters. The van der Waals surface area contributed by atoms with Crippen molar-refractivity contribution in [3.63, 3.8) is 0 Å². The first-order chi connectivity index (χ1) is 7.81. The van der Waals surface area contributed by atoms with Crippen LogP contribution in [-0.4, -0.2) is 31.0 Å². The fraction of sp³-hybridized carbons (Fsp3) is 0.500. The lowest BCUT2D eigenvalue weighted by Gasteiger charge is -2.21. The molecule has 2 atom stereocenters. The van der Waals surface area contributed by atoms with Crippen molar-refractivity contribution in [1.82, 2.24) is 5.32 Å². The number of aliphatic hydroxyl groups is 1. The highest BCUT2D eigenvalue weighted by atomic mass is 16.5. The van der Waals surface area contributed by atoms with Crippen molar-refractivity contribution < 1.29 is 9.84 Å². The average molecular weight is 222 g/mol. The van der Waals surface area contributed by atoms with E-state index >= 15 is 0 Å². The van der Waals surface area contributed by atoms with Crippen LogP contribution in [0.4, 0.5) is 5.69 Å². The van der Waals surface area contributed by atoms with Crippen LogP contribution in [0.3, 0.4) is 0 Å². The summed E-state index contributed by atoms with van der Waals surface area (Å²) < 4.78 is 5.21. The third-order valence-corrected chi connectivity index (χ3v) is 2.89. The summed E-state index contributed by atoms with van der Waals surface area (Å²) in [5.41, 5.74) is 0.825. The maximum Gasteiger partial charge on any atom is 0.142 e. The first-order valence-corrected chi connectivity index (χ1v) is 5.62. The van der Waals surface area contributed by atoms with Gasteiger partial charge in [-0.3, -0.25) is 0 Å². The van der Waals surface area contributed by atoms with Crippen molar-refractivity contribution in [2.24, 2.45) is 0 Å². The average Bonchev–Trinajstić information content (AvgIpc) is 2.83. The van der Waals surface area contributed by atoms with E-state index in [9.17, 15) is 5.11 Å². The van der Waals surface area contributed by atoms with E-state index < -0.39 is 6.23 Å². The molecule has 0 aromatic heterocycles. The molecule has 16 heavy (non-hydrogen) atoms. The zero-order valence-electron chi connectivity index (χ0n) is 9.44. The summed E-state index contributed by atoms with van der Waals surface area (Å²) >= 11 is 0. The van der Waals surface area contributed by atoms with Gasteiger partial charge in [0.25, 0.3) is 0 Å². The minimum atomic E-state index is -0.571. The van der Waals surface area contributed by atoms with E-state index in [1.807, 2.05) is 24.3 Å². The molecular weight excluding hydrogens is 204 g/mol. The minimum absolute atomic E-state index is 0.130. The highest BCUT2D eigenvalue weighted by Gasteiger charge is 2.22. The molecule has 0 saturated carbocycles. The molecular formula is C12H18N2O2. The third-order valence-electron chi connectivity index (χ3n) is 2.89. The molecule has 88 valence electrons. The summed E-state index contributed by atoms with van der Waals surface area (Å²) in [6.07, 6.45) is 1.55. The summed E-state index contributed by atoms with van der Waals surface area (Å²) in [5, 5.41) is 16.3. The highest BCUT2D eigenvalue weighted by molar-refractivity contribution is 5.56. The molecule has 1 saturated heterocycles. The Labute approximate surface area is 95.6 Å². The molecule has 0 bridgehead atoms. The molecule has 1 aromatic carbocycles. The molecule has 1 fully saturated rings. The van der Waals surface area contributed by atoms with Crippen LogP contribution in [0, 0.1) is 0 Å². The van der Waals surface area contributed by atoms with E-state index in [1.165, 1.54) is 0 Å². The van der Waals surface area contributed by atoms with Gasteiger partial charge in [0, 0.05) is 0 Å². The normalized spacial score (nSPS) is 21.8. The molecule has 2 rings (SSSR count). The largest absolute Gasteiger partial charge is 0.495 e. The Hall–Kier alpha value is -1.26. The number of rotatable bonds is 4. The lowest BCUT2D eigenvalue weighted by atomic mass is 10.2. The number of methoxy groups -OCH3 is 1. The number of hydrogen-bond acceptors (Lipinski definition) is 4. The van der Waals surface area contributed by atoms with Gasteiger partial charge in [0.2, 0.25) is 0 Å². The van der Waals surface area contributed by atoms with Crippen molar-refractivity contribution in [3.8, 4) is 5.75 Å². The first-order valence-electron chi connectivity index (χ1n) is 5.62. The second-order valence-electron chi connectivity index (χ2n) is 3.99. The zero-order valence-corrected chi connectivity index (χ0v) is 9.44. The number of benzene rings is 1. The Balaban J connectivity index is 2.01. The van der Waals surface area contributed by atoms with Crippen LogP contribution in [0.25, 0.3) is 0 Å². The van der Waals surface area contributed by atoms with Gasteiger partial charge in [-0.1, -0.05) is 12.1 Å². The Morgan fingerprint density at radius 2 is 2.31 bits per heavy atom. The molecule has 3 N–H and O–H groups in total. The summed E-state index contributed by atoms with van der Waals surface area (Å²) in [5.74, 6) is 0.750. The molecule has 0 radical (unpaired) electrons. The van der Waals surface area contributed by atoms with E-state index in [2.05, 4.69) is 10.6 Å². The summed E-state index contributed by atoms with van der Waals surface area (Å²) in [6, 6.07) is 7.72. The molecule has 4 heteroatoms. The lowest BCUT2D eigenvalue weighted by molar-refractivity contribution is 0.162. The Morgan fingerprint density at radius 1 is 1.50 bits per heavy atom. The predicted octanol–water partition coefficient (Wildman–Crippen LogP) is 1.18. The molecule has 1 aliphatic heterocycles. The summed E-state index contributed by atoms with van der Waals surface area (Å²) in [7, 11) is 1.63. The van der Waals surface area contributed by atoms with Crippen molar-refractivity contribution in [3.05, 3.63) is 24.3 Å². The second-order valence-corrected chi connectivity index (χ2v) is 3.99. The number of nitrogens with one attached hydrogen (secondary N) is 2. The number of aliphatic hydroxyl groups excluding tert-OH is 1. The number of para-hydroxylation sites is 2. The van der Waals surface area contributed by atoms with Crippen LogP contribution in [0.1, 0.15) is 12.8 Å². The monoisotopic (exact) mass is 222 g/mol. The zero-order chi connectivity index (χ0) is 11.4. The number of anilines is 1. The first kappa shape index (κ1) is 11.2. The van der Waals surface area contributed by atoms with E-state index in [0.717, 1.165) is 30.8 Å². The van der Waals surface area contributed by atoms with Gasteiger partial charge in [-0.2, -0.15) is 0 Å². The fourth-order valence-corrected chi connectivity index (χ4v) is 2.00. The van der Waals surface area contributed by atoms with E-state index in [0.29, 0.717) is 0 Å². The molecule has 1 heterocycles. The number of ether oxygens (including phenoxy) is 1. The van der Waals surface area contributed by atoms with Crippen molar-refractivity contribution in [2.45, 2.75) is 25.1 Å². The minimum Gasteiger partial charge on any atom is -0.495 e. The standard InChI is InChI=1S/C12H18N2O2/c1-16-11-7-3-2-5-9(11)14-12(15)10-6-4-8-13-10/h2-3,5,7,10,12-15H,4,6,8H2,1H3. The Bertz CT molecular complexity index is 338. The van der Waals surface area contributed by atoms with Crippen LogP contribution >= 0.6 is 0 Å². The Kier molecular flexibility index (Phi) is 3.64. The van der Waals surface area contributed by atoms with Gasteiger partial charge in [0.15, 0.2) is 0 Å². The van der Waals surface area contributed by atoms with Gasteiger partial charge in [-0.05, 0) is 31.5 Å². The molecule has 1 aromatic rings. The van der Waals surface area contributed by atoms with Gasteiger partial charge < -0.3 is 20.5 Å². The third kappa shape index (κ3) is 2.46. The fourth-order valence-electron chi connectivity index (χ4n) is 2.00. The molecule has 1 aliphatic rings. The predicted molar refractivity (Wildman–Crippen MR) is 63.6 cm³/mol. The van der Waals surface area contributed by atoms with Crippen LogP contribution in [-0.2, 0) is 0 Å². The maximum absolute atomic E-state index is 9.99. The topological polar surface area (TPSA) is 53.5 Å². The summed E-state index contributed by atoms with van der Waals surface area (Å²) in [4.78, 5) is 0. The molecule has 0 amide bonds. The van der Waals surface area contributed by atoms with Gasteiger partial charge in [0.1, 0.15) is 12.0 Å².